The lowest BCUT2D eigenvalue weighted by atomic mass is 10.3. The van der Waals surface area contributed by atoms with Crippen molar-refractivity contribution in [3.8, 4) is 0 Å². The van der Waals surface area contributed by atoms with Gasteiger partial charge >= 0.3 is 5.91 Å². The first-order chi connectivity index (χ1) is 10.1. The van der Waals surface area contributed by atoms with E-state index in [9.17, 15) is 9.59 Å². The Morgan fingerprint density at radius 3 is 2.86 bits per heavy atom. The third-order valence-corrected chi connectivity index (χ3v) is 3.73. The Morgan fingerprint density at radius 2 is 2.24 bits per heavy atom. The number of carbonyl (C=O) groups excluding carboxylic acids is 2. The normalized spacial score (nSPS) is 11.9. The maximum atomic E-state index is 11.6. The number of carbonyl (C=O) groups is 2. The minimum Gasteiger partial charge on any atom is -0.459 e. The fourth-order valence-electron chi connectivity index (χ4n) is 1.55. The first-order valence-electron chi connectivity index (χ1n) is 6.34. The number of hydrazine groups is 1. The SMILES string of the molecule is Cc1cnc([C@@H](C)NCC(=O)NNC(=O)c2ccco2)s1. The highest BCUT2D eigenvalue weighted by molar-refractivity contribution is 7.11. The summed E-state index contributed by atoms with van der Waals surface area (Å²) in [5.41, 5.74) is 4.57. The topological polar surface area (TPSA) is 96.3 Å². The maximum Gasteiger partial charge on any atom is 0.305 e. The first kappa shape index (κ1) is 15.2. The van der Waals surface area contributed by atoms with Crippen LogP contribution in [-0.2, 0) is 4.79 Å². The van der Waals surface area contributed by atoms with Gasteiger partial charge in [0.15, 0.2) is 5.76 Å². The van der Waals surface area contributed by atoms with E-state index in [1.807, 2.05) is 13.8 Å². The molecule has 112 valence electrons. The molecule has 0 spiro atoms. The Labute approximate surface area is 125 Å². The first-order valence-corrected chi connectivity index (χ1v) is 7.16. The molecular weight excluding hydrogens is 292 g/mol. The summed E-state index contributed by atoms with van der Waals surface area (Å²) in [6.07, 6.45) is 3.18. The number of thiazole rings is 1. The van der Waals surface area contributed by atoms with Crippen molar-refractivity contribution >= 4 is 23.2 Å². The van der Waals surface area contributed by atoms with Crippen molar-refractivity contribution in [1.82, 2.24) is 21.2 Å². The number of nitrogens with zero attached hydrogens (tertiary/aromatic N) is 1. The molecule has 2 amide bonds. The molecule has 0 aliphatic heterocycles. The largest absolute Gasteiger partial charge is 0.459 e. The zero-order chi connectivity index (χ0) is 15.2. The van der Waals surface area contributed by atoms with Crippen LogP contribution in [0.1, 0.15) is 33.4 Å². The minimum absolute atomic E-state index is 0.0322. The Bertz CT molecular complexity index is 609. The number of hydrogen-bond acceptors (Lipinski definition) is 6. The summed E-state index contributed by atoms with van der Waals surface area (Å²) in [5, 5.41) is 3.95. The van der Waals surface area contributed by atoms with Crippen molar-refractivity contribution in [3.63, 3.8) is 0 Å². The van der Waals surface area contributed by atoms with E-state index in [0.717, 1.165) is 9.88 Å². The van der Waals surface area contributed by atoms with Gasteiger partial charge in [0.25, 0.3) is 5.91 Å². The van der Waals surface area contributed by atoms with Crippen LogP contribution >= 0.6 is 11.3 Å². The molecule has 2 heterocycles. The van der Waals surface area contributed by atoms with Gasteiger partial charge in [-0.2, -0.15) is 0 Å². The number of hydrogen-bond donors (Lipinski definition) is 3. The molecule has 8 heteroatoms. The molecule has 0 unspecified atom stereocenters. The van der Waals surface area contributed by atoms with Crippen molar-refractivity contribution < 1.29 is 14.0 Å². The average molecular weight is 308 g/mol. The Balaban J connectivity index is 1.71. The van der Waals surface area contributed by atoms with Crippen molar-refractivity contribution in [2.24, 2.45) is 0 Å². The third-order valence-electron chi connectivity index (χ3n) is 2.64. The van der Waals surface area contributed by atoms with Crippen LogP contribution in [0.5, 0.6) is 0 Å². The van der Waals surface area contributed by atoms with Gasteiger partial charge in [0.2, 0.25) is 0 Å². The monoisotopic (exact) mass is 308 g/mol. The lowest BCUT2D eigenvalue weighted by molar-refractivity contribution is -0.121. The van der Waals surface area contributed by atoms with E-state index in [0.29, 0.717) is 0 Å². The lowest BCUT2D eigenvalue weighted by Crippen LogP contribution is -2.45. The van der Waals surface area contributed by atoms with Gasteiger partial charge in [0.1, 0.15) is 5.01 Å². The molecule has 0 saturated heterocycles. The molecule has 2 aromatic heterocycles. The number of aromatic nitrogens is 1. The molecule has 0 aliphatic carbocycles. The van der Waals surface area contributed by atoms with Gasteiger partial charge in [-0.05, 0) is 26.0 Å². The van der Waals surface area contributed by atoms with Crippen LogP contribution in [0.4, 0.5) is 0 Å². The number of amides is 2. The highest BCUT2D eigenvalue weighted by atomic mass is 32.1. The van der Waals surface area contributed by atoms with Crippen LogP contribution in [0, 0.1) is 6.92 Å². The van der Waals surface area contributed by atoms with Gasteiger partial charge in [-0.15, -0.1) is 11.3 Å². The fourth-order valence-corrected chi connectivity index (χ4v) is 2.35. The van der Waals surface area contributed by atoms with Gasteiger partial charge in [-0.1, -0.05) is 0 Å². The third kappa shape index (κ3) is 4.40. The van der Waals surface area contributed by atoms with Gasteiger partial charge in [-0.25, -0.2) is 4.98 Å². The second-order valence-electron chi connectivity index (χ2n) is 4.39. The minimum atomic E-state index is -0.503. The molecule has 21 heavy (non-hydrogen) atoms. The van der Waals surface area contributed by atoms with E-state index in [1.54, 1.807) is 23.6 Å². The quantitative estimate of drug-likeness (QED) is 0.720. The lowest BCUT2D eigenvalue weighted by Gasteiger charge is -2.11. The van der Waals surface area contributed by atoms with Crippen molar-refractivity contribution in [3.05, 3.63) is 40.2 Å². The summed E-state index contributed by atoms with van der Waals surface area (Å²) in [5.74, 6) is -0.720. The average Bonchev–Trinajstić information content (AvgIpc) is 3.13. The van der Waals surface area contributed by atoms with Gasteiger partial charge in [0, 0.05) is 11.1 Å². The van der Waals surface area contributed by atoms with Crippen LogP contribution in [0.3, 0.4) is 0 Å². The van der Waals surface area contributed by atoms with E-state index < -0.39 is 5.91 Å². The predicted molar refractivity (Wildman–Crippen MR) is 77.6 cm³/mol. The molecule has 0 aromatic carbocycles. The number of furan rings is 1. The van der Waals surface area contributed by atoms with Crippen LogP contribution in [0.15, 0.2) is 29.0 Å². The standard InChI is InChI=1S/C13H16N4O3S/c1-8-6-15-13(21-8)9(2)14-7-11(18)16-17-12(19)10-4-3-5-20-10/h3-6,9,14H,7H2,1-2H3,(H,16,18)(H,17,19)/t9-/m1/s1. The summed E-state index contributed by atoms with van der Waals surface area (Å²) in [7, 11) is 0. The van der Waals surface area contributed by atoms with E-state index in [-0.39, 0.29) is 24.3 Å². The zero-order valence-electron chi connectivity index (χ0n) is 11.7. The van der Waals surface area contributed by atoms with Crippen LogP contribution in [0.2, 0.25) is 0 Å². The van der Waals surface area contributed by atoms with E-state index in [1.165, 1.54) is 12.3 Å². The number of nitrogens with one attached hydrogen (secondary N) is 3. The molecular formula is C13H16N4O3S. The fraction of sp³-hybridized carbons (Fsp3) is 0.308. The molecule has 7 nitrogen and oxygen atoms in total. The molecule has 1 atom stereocenters. The molecule has 0 saturated carbocycles. The highest BCUT2D eigenvalue weighted by Gasteiger charge is 2.12. The second kappa shape index (κ2) is 7.00. The Kier molecular flexibility index (Phi) is 5.07. The zero-order valence-corrected chi connectivity index (χ0v) is 12.5. The predicted octanol–water partition coefficient (Wildman–Crippen LogP) is 1.16. The van der Waals surface area contributed by atoms with Gasteiger partial charge < -0.3 is 4.42 Å². The summed E-state index contributed by atoms with van der Waals surface area (Å²) >= 11 is 1.58. The van der Waals surface area contributed by atoms with Crippen LogP contribution < -0.4 is 16.2 Å². The number of aryl methyl sites for hydroxylation is 1. The van der Waals surface area contributed by atoms with Gasteiger partial charge in [-0.3, -0.25) is 25.8 Å². The summed E-state index contributed by atoms with van der Waals surface area (Å²) in [6.45, 7) is 3.97. The van der Waals surface area contributed by atoms with Gasteiger partial charge in [0.05, 0.1) is 18.8 Å². The summed E-state index contributed by atoms with van der Waals surface area (Å²) in [4.78, 5) is 28.5. The number of rotatable bonds is 5. The molecule has 2 rings (SSSR count). The maximum absolute atomic E-state index is 11.6. The van der Waals surface area contributed by atoms with E-state index >= 15 is 0 Å². The summed E-state index contributed by atoms with van der Waals surface area (Å²) < 4.78 is 4.90. The molecule has 2 aromatic rings. The van der Waals surface area contributed by atoms with E-state index in [2.05, 4.69) is 21.2 Å². The molecule has 0 aliphatic rings. The van der Waals surface area contributed by atoms with Crippen molar-refractivity contribution in [1.29, 1.82) is 0 Å². The van der Waals surface area contributed by atoms with Crippen molar-refractivity contribution in [2.45, 2.75) is 19.9 Å². The van der Waals surface area contributed by atoms with E-state index in [4.69, 9.17) is 4.42 Å². The smallest absolute Gasteiger partial charge is 0.305 e. The van der Waals surface area contributed by atoms with Crippen molar-refractivity contribution in [2.75, 3.05) is 6.54 Å². The molecule has 0 bridgehead atoms. The second-order valence-corrected chi connectivity index (χ2v) is 5.66. The molecule has 0 radical (unpaired) electrons. The van der Waals surface area contributed by atoms with Crippen LogP contribution in [-0.4, -0.2) is 23.3 Å². The Morgan fingerprint density at radius 1 is 1.43 bits per heavy atom. The van der Waals surface area contributed by atoms with Crippen LogP contribution in [0.25, 0.3) is 0 Å². The summed E-state index contributed by atoms with van der Waals surface area (Å²) in [6, 6.07) is 3.07. The molecule has 3 N–H and O–H groups in total. The Hall–Kier alpha value is -2.19. The molecule has 0 fully saturated rings. The highest BCUT2D eigenvalue weighted by Crippen LogP contribution is 2.18.